The van der Waals surface area contributed by atoms with Crippen LogP contribution in [0.15, 0.2) is 24.3 Å². The van der Waals surface area contributed by atoms with Crippen LogP contribution in [-0.4, -0.2) is 48.6 Å². The highest BCUT2D eigenvalue weighted by molar-refractivity contribution is 6.04. The van der Waals surface area contributed by atoms with Gasteiger partial charge in [-0.25, -0.2) is 0 Å². The van der Waals surface area contributed by atoms with Crippen molar-refractivity contribution in [3.8, 4) is 0 Å². The smallest absolute Gasteiger partial charge is 0.272 e. The Morgan fingerprint density at radius 2 is 2.36 bits per heavy atom. The molecule has 1 amide bonds. The molecule has 1 aliphatic carbocycles. The number of aromatic nitrogens is 2. The van der Waals surface area contributed by atoms with Crippen LogP contribution in [0.25, 0.3) is 10.9 Å². The van der Waals surface area contributed by atoms with Gasteiger partial charge in [-0.3, -0.25) is 9.89 Å². The van der Waals surface area contributed by atoms with Crippen LogP contribution < -0.4 is 5.32 Å². The quantitative estimate of drug-likeness (QED) is 0.893. The zero-order chi connectivity index (χ0) is 15.1. The molecule has 22 heavy (non-hydrogen) atoms. The topological polar surface area (TPSA) is 76.2 Å². The van der Waals surface area contributed by atoms with Crippen LogP contribution in [0.4, 0.5) is 0 Å². The van der Waals surface area contributed by atoms with Crippen molar-refractivity contribution in [1.82, 2.24) is 15.5 Å². The highest BCUT2D eigenvalue weighted by Crippen LogP contribution is 2.43. The molecule has 2 fully saturated rings. The van der Waals surface area contributed by atoms with Gasteiger partial charge in [-0.2, -0.15) is 5.10 Å². The van der Waals surface area contributed by atoms with Crippen LogP contribution in [0, 0.1) is 11.8 Å². The molecule has 0 unspecified atom stereocenters. The second-order valence-electron chi connectivity index (χ2n) is 6.02. The summed E-state index contributed by atoms with van der Waals surface area (Å²) in [4.78, 5) is 12.6. The standard InChI is InChI=1S/C16H19N3O3/c1-21-8-11-13(10-6-7-22-15(10)11)17-16(20)14-9-4-2-3-5-12(9)18-19-14/h2-5,10-11,13,15H,6-8H2,1H3,(H,17,20)(H,18,19)/t10-,11+,13+,15-/m0/s1. The maximum atomic E-state index is 12.6. The highest BCUT2D eigenvalue weighted by atomic mass is 16.5. The Labute approximate surface area is 128 Å². The number of benzene rings is 1. The lowest BCUT2D eigenvalue weighted by Gasteiger charge is -2.47. The minimum absolute atomic E-state index is 0.107. The summed E-state index contributed by atoms with van der Waals surface area (Å²) in [5.74, 6) is 0.495. The van der Waals surface area contributed by atoms with Gasteiger partial charge in [0.1, 0.15) is 0 Å². The van der Waals surface area contributed by atoms with Crippen molar-refractivity contribution >= 4 is 16.8 Å². The molecule has 1 saturated heterocycles. The lowest BCUT2D eigenvalue weighted by atomic mass is 9.67. The Balaban J connectivity index is 1.54. The Morgan fingerprint density at radius 3 is 3.23 bits per heavy atom. The fraction of sp³-hybridized carbons (Fsp3) is 0.500. The Hall–Kier alpha value is -1.92. The van der Waals surface area contributed by atoms with E-state index >= 15 is 0 Å². The molecule has 4 atom stereocenters. The summed E-state index contributed by atoms with van der Waals surface area (Å²) < 4.78 is 11.0. The van der Waals surface area contributed by atoms with Gasteiger partial charge in [0, 0.05) is 37.0 Å². The average Bonchev–Trinajstić information content (AvgIpc) is 3.15. The minimum atomic E-state index is -0.131. The number of amides is 1. The van der Waals surface area contributed by atoms with Gasteiger partial charge in [-0.05, 0) is 12.5 Å². The van der Waals surface area contributed by atoms with Crippen LogP contribution in [0.2, 0.25) is 0 Å². The molecular formula is C16H19N3O3. The molecule has 1 saturated carbocycles. The number of hydrogen-bond donors (Lipinski definition) is 2. The van der Waals surface area contributed by atoms with Gasteiger partial charge >= 0.3 is 0 Å². The number of methoxy groups -OCH3 is 1. The number of nitrogens with zero attached hydrogens (tertiary/aromatic N) is 1. The highest BCUT2D eigenvalue weighted by Gasteiger charge is 2.54. The number of rotatable bonds is 4. The second-order valence-corrected chi connectivity index (χ2v) is 6.02. The number of carbonyl (C=O) groups is 1. The lowest BCUT2D eigenvalue weighted by Crippen LogP contribution is -2.62. The van der Waals surface area contributed by atoms with E-state index in [0.717, 1.165) is 23.9 Å². The van der Waals surface area contributed by atoms with Crippen molar-refractivity contribution in [2.75, 3.05) is 20.3 Å². The van der Waals surface area contributed by atoms with Gasteiger partial charge in [0.25, 0.3) is 5.91 Å². The van der Waals surface area contributed by atoms with Gasteiger partial charge in [0.05, 0.1) is 18.2 Å². The zero-order valence-electron chi connectivity index (χ0n) is 12.4. The molecule has 6 nitrogen and oxygen atoms in total. The number of fused-ring (bicyclic) bond motifs is 2. The first-order valence-electron chi connectivity index (χ1n) is 7.64. The molecular weight excluding hydrogens is 282 g/mol. The number of carbonyl (C=O) groups excluding carboxylic acids is 1. The largest absolute Gasteiger partial charge is 0.384 e. The number of para-hydroxylation sites is 1. The van der Waals surface area contributed by atoms with E-state index in [1.165, 1.54) is 0 Å². The molecule has 1 aliphatic heterocycles. The predicted molar refractivity (Wildman–Crippen MR) is 80.6 cm³/mol. The van der Waals surface area contributed by atoms with Gasteiger partial charge in [-0.15, -0.1) is 0 Å². The summed E-state index contributed by atoms with van der Waals surface area (Å²) >= 11 is 0. The molecule has 0 radical (unpaired) electrons. The molecule has 2 aromatic rings. The number of ether oxygens (including phenoxy) is 2. The number of aromatic amines is 1. The number of nitrogens with one attached hydrogen (secondary N) is 2. The summed E-state index contributed by atoms with van der Waals surface area (Å²) in [5, 5.41) is 11.0. The van der Waals surface area contributed by atoms with Crippen LogP contribution in [0.3, 0.4) is 0 Å². The second kappa shape index (κ2) is 5.37. The molecule has 1 aromatic heterocycles. The summed E-state index contributed by atoms with van der Waals surface area (Å²) in [5.41, 5.74) is 1.32. The van der Waals surface area contributed by atoms with Crippen LogP contribution in [-0.2, 0) is 9.47 Å². The maximum Gasteiger partial charge on any atom is 0.272 e. The first-order valence-corrected chi connectivity index (χ1v) is 7.64. The molecule has 2 N–H and O–H groups in total. The fourth-order valence-corrected chi connectivity index (χ4v) is 3.79. The molecule has 116 valence electrons. The first kappa shape index (κ1) is 13.7. The summed E-state index contributed by atoms with van der Waals surface area (Å²) in [6.45, 7) is 1.38. The SMILES string of the molecule is COC[C@@H]1[C@H](NC(=O)c2n[nH]c3ccccc23)[C@@H]2CCO[C@H]12. The Bertz CT molecular complexity index is 699. The van der Waals surface area contributed by atoms with Gasteiger partial charge < -0.3 is 14.8 Å². The summed E-state index contributed by atoms with van der Waals surface area (Å²) in [6, 6.07) is 7.76. The van der Waals surface area contributed by atoms with E-state index in [-0.39, 0.29) is 24.0 Å². The van der Waals surface area contributed by atoms with Crippen molar-refractivity contribution in [2.45, 2.75) is 18.6 Å². The van der Waals surface area contributed by atoms with E-state index in [4.69, 9.17) is 9.47 Å². The average molecular weight is 301 g/mol. The lowest BCUT2D eigenvalue weighted by molar-refractivity contribution is -0.0809. The van der Waals surface area contributed by atoms with Crippen molar-refractivity contribution in [3.05, 3.63) is 30.0 Å². The number of hydrogen-bond acceptors (Lipinski definition) is 4. The van der Waals surface area contributed by atoms with Crippen molar-refractivity contribution in [1.29, 1.82) is 0 Å². The maximum absolute atomic E-state index is 12.6. The van der Waals surface area contributed by atoms with Crippen molar-refractivity contribution in [3.63, 3.8) is 0 Å². The van der Waals surface area contributed by atoms with E-state index in [1.54, 1.807) is 7.11 Å². The summed E-state index contributed by atoms with van der Waals surface area (Å²) in [7, 11) is 1.68. The zero-order valence-corrected chi connectivity index (χ0v) is 12.4. The first-order chi connectivity index (χ1) is 10.8. The molecule has 1 aromatic carbocycles. The van der Waals surface area contributed by atoms with Crippen LogP contribution in [0.5, 0.6) is 0 Å². The van der Waals surface area contributed by atoms with Gasteiger partial charge in [0.2, 0.25) is 0 Å². The molecule has 2 heterocycles. The van der Waals surface area contributed by atoms with E-state index in [1.807, 2.05) is 24.3 Å². The summed E-state index contributed by atoms with van der Waals surface area (Å²) in [6.07, 6.45) is 1.22. The normalized spacial score (nSPS) is 30.0. The minimum Gasteiger partial charge on any atom is -0.384 e. The third kappa shape index (κ3) is 2.02. The van der Waals surface area contributed by atoms with Crippen LogP contribution >= 0.6 is 0 Å². The molecule has 2 aliphatic rings. The molecule has 0 spiro atoms. The third-order valence-electron chi connectivity index (χ3n) is 4.87. The molecule has 4 rings (SSSR count). The predicted octanol–water partition coefficient (Wildman–Crippen LogP) is 1.34. The van der Waals surface area contributed by atoms with E-state index < -0.39 is 0 Å². The third-order valence-corrected chi connectivity index (χ3v) is 4.87. The molecule has 6 heteroatoms. The van der Waals surface area contributed by atoms with Crippen molar-refractivity contribution in [2.24, 2.45) is 11.8 Å². The Kier molecular flexibility index (Phi) is 3.35. The fourth-order valence-electron chi connectivity index (χ4n) is 3.79. The Morgan fingerprint density at radius 1 is 1.50 bits per heavy atom. The van der Waals surface area contributed by atoms with Gasteiger partial charge in [-0.1, -0.05) is 18.2 Å². The van der Waals surface area contributed by atoms with Crippen LogP contribution in [0.1, 0.15) is 16.9 Å². The van der Waals surface area contributed by atoms with Gasteiger partial charge in [0.15, 0.2) is 5.69 Å². The van der Waals surface area contributed by atoms with Crippen molar-refractivity contribution < 1.29 is 14.3 Å². The van der Waals surface area contributed by atoms with E-state index in [2.05, 4.69) is 15.5 Å². The number of H-pyrrole nitrogens is 1. The van der Waals surface area contributed by atoms with E-state index in [0.29, 0.717) is 18.2 Å². The van der Waals surface area contributed by atoms with E-state index in [9.17, 15) is 4.79 Å². The monoisotopic (exact) mass is 301 g/mol. The molecule has 0 bridgehead atoms.